The van der Waals surface area contributed by atoms with Crippen LogP contribution in [0.2, 0.25) is 0 Å². The van der Waals surface area contributed by atoms with Crippen LogP contribution in [0.5, 0.6) is 0 Å². The summed E-state index contributed by atoms with van der Waals surface area (Å²) in [6.07, 6.45) is 60.1. The lowest BCUT2D eigenvalue weighted by molar-refractivity contribution is -0.113. The molecule has 0 aromatic carbocycles. The molecule has 0 spiro atoms. The van der Waals surface area contributed by atoms with Crippen molar-refractivity contribution in [3.63, 3.8) is 0 Å². The molecule has 0 rings (SSSR count). The Bertz CT molecular complexity index is 673. The number of hydrogen-bond donors (Lipinski definition) is 0. The first kappa shape index (κ1) is 51.3. The van der Waals surface area contributed by atoms with Gasteiger partial charge in [0.1, 0.15) is 12.6 Å². The third kappa shape index (κ3) is 37.6. The summed E-state index contributed by atoms with van der Waals surface area (Å²) in [4.78, 5) is 23.0. The third-order valence-corrected chi connectivity index (χ3v) is 12.4. The number of unbranched alkanes of at least 4 members (excludes halogenated alkanes) is 34. The molecule has 0 saturated carbocycles. The monoisotopic (exact) mass is 731 g/mol. The van der Waals surface area contributed by atoms with E-state index in [1.54, 1.807) is 0 Å². The normalized spacial score (nSPS) is 13.4. The Kier molecular flexibility index (Phi) is 44.2. The van der Waals surface area contributed by atoms with Crippen LogP contribution >= 0.6 is 0 Å². The molecule has 0 saturated heterocycles. The van der Waals surface area contributed by atoms with Gasteiger partial charge in [-0.25, -0.2) is 0 Å². The number of rotatable bonds is 46. The van der Waals surface area contributed by atoms with Crippen molar-refractivity contribution in [2.24, 2.45) is 17.8 Å². The molecule has 0 bridgehead atoms. The van der Waals surface area contributed by atoms with Crippen LogP contribution in [0.25, 0.3) is 0 Å². The van der Waals surface area contributed by atoms with Crippen LogP contribution < -0.4 is 0 Å². The topological polar surface area (TPSA) is 34.1 Å². The van der Waals surface area contributed by atoms with Gasteiger partial charge in [-0.15, -0.1) is 0 Å². The van der Waals surface area contributed by atoms with E-state index in [0.29, 0.717) is 17.8 Å². The number of carbonyl (C=O) groups is 2. The molecule has 0 N–H and O–H groups in total. The fourth-order valence-corrected chi connectivity index (χ4v) is 8.65. The molecule has 0 fully saturated rings. The number of aldehydes is 2. The Morgan fingerprint density at radius 2 is 0.577 bits per heavy atom. The van der Waals surface area contributed by atoms with E-state index in [-0.39, 0.29) is 0 Å². The van der Waals surface area contributed by atoms with Gasteiger partial charge in [0.25, 0.3) is 0 Å². The lowest BCUT2D eigenvalue weighted by Crippen LogP contribution is -2.16. The highest BCUT2D eigenvalue weighted by Gasteiger charge is 2.19. The highest BCUT2D eigenvalue weighted by Crippen LogP contribution is 2.28. The van der Waals surface area contributed by atoms with Crippen molar-refractivity contribution in [3.05, 3.63) is 0 Å². The quantitative estimate of drug-likeness (QED) is 0.0462. The Morgan fingerprint density at radius 1 is 0.288 bits per heavy atom. The van der Waals surface area contributed by atoms with Gasteiger partial charge in [0.15, 0.2) is 0 Å². The summed E-state index contributed by atoms with van der Waals surface area (Å²) >= 11 is 0. The van der Waals surface area contributed by atoms with Crippen molar-refractivity contribution in [2.75, 3.05) is 0 Å². The van der Waals surface area contributed by atoms with Crippen molar-refractivity contribution in [1.82, 2.24) is 0 Å². The van der Waals surface area contributed by atoms with E-state index in [4.69, 9.17) is 0 Å². The zero-order chi connectivity index (χ0) is 37.8. The van der Waals surface area contributed by atoms with E-state index in [1.165, 1.54) is 257 Å². The van der Waals surface area contributed by atoms with Crippen LogP contribution in [-0.4, -0.2) is 12.6 Å². The van der Waals surface area contributed by atoms with Gasteiger partial charge in [-0.2, -0.15) is 0 Å². The smallest absolute Gasteiger partial charge is 0.123 e. The average molecular weight is 731 g/mol. The predicted molar refractivity (Wildman–Crippen MR) is 234 cm³/mol. The van der Waals surface area contributed by atoms with Gasteiger partial charge in [-0.3, -0.25) is 0 Å². The van der Waals surface area contributed by atoms with E-state index in [9.17, 15) is 9.59 Å². The highest BCUT2D eigenvalue weighted by atomic mass is 16.1. The van der Waals surface area contributed by atoms with E-state index in [1.807, 2.05) is 0 Å². The predicted octanol–water partition coefficient (Wildman–Crippen LogP) is 17.7. The maximum absolute atomic E-state index is 12.1. The first-order valence-corrected chi connectivity index (χ1v) is 24.6. The molecular formula is C50H98O2. The second-order valence-corrected chi connectivity index (χ2v) is 17.4. The van der Waals surface area contributed by atoms with Gasteiger partial charge in [0.2, 0.25) is 0 Å². The number of hydrogen-bond acceptors (Lipinski definition) is 2. The van der Waals surface area contributed by atoms with E-state index >= 15 is 0 Å². The van der Waals surface area contributed by atoms with Crippen LogP contribution in [0, 0.1) is 17.8 Å². The zero-order valence-corrected chi connectivity index (χ0v) is 36.4. The van der Waals surface area contributed by atoms with Gasteiger partial charge in [-0.1, -0.05) is 265 Å². The van der Waals surface area contributed by atoms with Crippen LogP contribution in [0.3, 0.4) is 0 Å². The van der Waals surface area contributed by atoms with Crippen molar-refractivity contribution in [3.8, 4) is 0 Å². The van der Waals surface area contributed by atoms with Gasteiger partial charge in [-0.05, 0) is 31.6 Å². The summed E-state index contributed by atoms with van der Waals surface area (Å²) in [6, 6.07) is 0. The zero-order valence-electron chi connectivity index (χ0n) is 36.4. The summed E-state index contributed by atoms with van der Waals surface area (Å²) in [6.45, 7) is 6.73. The Hall–Kier alpha value is -0.660. The maximum atomic E-state index is 12.1. The van der Waals surface area contributed by atoms with Crippen LogP contribution in [-0.2, 0) is 9.59 Å². The Morgan fingerprint density at radius 3 is 0.846 bits per heavy atom. The van der Waals surface area contributed by atoms with E-state index < -0.39 is 0 Å². The summed E-state index contributed by atoms with van der Waals surface area (Å²) in [7, 11) is 0. The molecule has 0 aromatic rings. The minimum absolute atomic E-state index is 0.306. The van der Waals surface area contributed by atoms with Gasteiger partial charge in [0.05, 0.1) is 0 Å². The second kappa shape index (κ2) is 44.7. The molecule has 52 heavy (non-hydrogen) atoms. The molecule has 0 aliphatic rings. The Balaban J connectivity index is 3.54. The molecule has 0 aliphatic heterocycles. The van der Waals surface area contributed by atoms with Gasteiger partial charge < -0.3 is 9.59 Å². The van der Waals surface area contributed by atoms with Crippen molar-refractivity contribution >= 4 is 12.6 Å². The molecule has 2 heteroatoms. The van der Waals surface area contributed by atoms with Gasteiger partial charge in [0, 0.05) is 11.8 Å². The SMILES string of the molecule is CCCCCCCCCCCCCCCCCCCC(CCC)C(C=O)CCCCCCCCCCCCCCCCCCCCCC(C=O)CC. The lowest BCUT2D eigenvalue weighted by Gasteiger charge is -2.22. The minimum atomic E-state index is 0.306. The number of carbonyl (C=O) groups excluding carboxylic acids is 2. The van der Waals surface area contributed by atoms with Crippen molar-refractivity contribution < 1.29 is 9.59 Å². The summed E-state index contributed by atoms with van der Waals surface area (Å²) in [5.41, 5.74) is 0. The van der Waals surface area contributed by atoms with Crippen molar-refractivity contribution in [2.45, 2.75) is 290 Å². The summed E-state index contributed by atoms with van der Waals surface area (Å²) in [5, 5.41) is 0. The fraction of sp³-hybridized carbons (Fsp3) is 0.960. The third-order valence-electron chi connectivity index (χ3n) is 12.4. The lowest BCUT2D eigenvalue weighted by atomic mass is 9.82. The van der Waals surface area contributed by atoms with Gasteiger partial charge >= 0.3 is 0 Å². The molecule has 0 heterocycles. The summed E-state index contributed by atoms with van der Waals surface area (Å²) in [5.74, 6) is 1.25. The van der Waals surface area contributed by atoms with E-state index in [2.05, 4.69) is 20.8 Å². The van der Waals surface area contributed by atoms with Crippen LogP contribution in [0.1, 0.15) is 290 Å². The van der Waals surface area contributed by atoms with Crippen LogP contribution in [0.4, 0.5) is 0 Å². The summed E-state index contributed by atoms with van der Waals surface area (Å²) < 4.78 is 0. The Labute approximate surface area is 329 Å². The fourth-order valence-electron chi connectivity index (χ4n) is 8.65. The molecule has 2 nitrogen and oxygen atoms in total. The van der Waals surface area contributed by atoms with Crippen LogP contribution in [0.15, 0.2) is 0 Å². The highest BCUT2D eigenvalue weighted by molar-refractivity contribution is 5.54. The largest absolute Gasteiger partial charge is 0.303 e. The molecule has 310 valence electrons. The molecule has 0 aliphatic carbocycles. The molecular weight excluding hydrogens is 633 g/mol. The van der Waals surface area contributed by atoms with E-state index in [0.717, 1.165) is 25.5 Å². The molecule has 3 atom stereocenters. The standard InChI is InChI=1S/C50H98O2/c1-4-7-8-9-10-11-12-13-14-18-22-25-28-31-34-37-40-44-49(42-5-2)50(47-52)45-41-38-35-32-29-26-23-20-17-15-16-19-21-24-27-30-33-36-39-43-48(6-3)46-51/h46-50H,4-45H2,1-3H3. The first-order chi connectivity index (χ1) is 25.7. The minimum Gasteiger partial charge on any atom is -0.303 e. The molecule has 3 unspecified atom stereocenters. The van der Waals surface area contributed by atoms with Crippen molar-refractivity contribution in [1.29, 1.82) is 0 Å². The first-order valence-electron chi connectivity index (χ1n) is 24.6. The maximum Gasteiger partial charge on any atom is 0.123 e. The molecule has 0 radical (unpaired) electrons. The average Bonchev–Trinajstić information content (AvgIpc) is 3.16. The molecule has 0 amide bonds. The molecule has 0 aromatic heterocycles. The second-order valence-electron chi connectivity index (χ2n) is 17.4.